The van der Waals surface area contributed by atoms with Crippen LogP contribution in [0.2, 0.25) is 0 Å². The first kappa shape index (κ1) is 13.2. The number of hydrogen-bond acceptors (Lipinski definition) is 1. The van der Waals surface area contributed by atoms with Crippen LogP contribution < -0.4 is 5.32 Å². The molecule has 2 nitrogen and oxygen atoms in total. The molecular formula is C16H20BrNO. The van der Waals surface area contributed by atoms with Crippen LogP contribution in [0.1, 0.15) is 37.7 Å². The molecule has 0 saturated heterocycles. The van der Waals surface area contributed by atoms with Gasteiger partial charge in [-0.3, -0.25) is 4.79 Å². The van der Waals surface area contributed by atoms with E-state index in [9.17, 15) is 4.79 Å². The molecule has 0 radical (unpaired) electrons. The van der Waals surface area contributed by atoms with E-state index in [2.05, 4.69) is 21.2 Å². The first-order valence-corrected chi connectivity index (χ1v) is 7.97. The zero-order valence-electron chi connectivity index (χ0n) is 11.3. The molecular weight excluding hydrogens is 302 g/mol. The van der Waals surface area contributed by atoms with Crippen LogP contribution in [-0.4, -0.2) is 5.91 Å². The third-order valence-electron chi connectivity index (χ3n) is 4.81. The van der Waals surface area contributed by atoms with Crippen LogP contribution in [0.25, 0.3) is 0 Å². The topological polar surface area (TPSA) is 29.1 Å². The molecule has 2 fully saturated rings. The molecule has 2 aliphatic rings. The minimum absolute atomic E-state index is 0.179. The normalized spacial score (nSPS) is 28.6. The van der Waals surface area contributed by atoms with Gasteiger partial charge in [-0.1, -0.05) is 28.4 Å². The molecule has 3 heteroatoms. The Kier molecular flexibility index (Phi) is 3.66. The summed E-state index contributed by atoms with van der Waals surface area (Å²) in [4.78, 5) is 12.2. The maximum absolute atomic E-state index is 12.2. The number of benzene rings is 1. The Balaban J connectivity index is 1.61. The minimum Gasteiger partial charge on any atom is -0.326 e. The van der Waals surface area contributed by atoms with Crippen LogP contribution in [0.15, 0.2) is 22.7 Å². The van der Waals surface area contributed by atoms with E-state index >= 15 is 0 Å². The second kappa shape index (κ2) is 5.28. The van der Waals surface area contributed by atoms with Gasteiger partial charge in [0.25, 0.3) is 0 Å². The van der Waals surface area contributed by atoms with Crippen LogP contribution in [0.5, 0.6) is 0 Å². The average Bonchev–Trinajstić information content (AvgIpc) is 2.96. The van der Waals surface area contributed by atoms with E-state index in [0.29, 0.717) is 12.3 Å². The van der Waals surface area contributed by atoms with Crippen molar-refractivity contribution in [3.05, 3.63) is 28.2 Å². The summed E-state index contributed by atoms with van der Waals surface area (Å²) in [5, 5.41) is 3.07. The summed E-state index contributed by atoms with van der Waals surface area (Å²) in [5.41, 5.74) is 2.05. The second-order valence-electron chi connectivity index (χ2n) is 6.15. The van der Waals surface area contributed by atoms with Crippen LogP contribution >= 0.6 is 15.9 Å². The highest BCUT2D eigenvalue weighted by Gasteiger charge is 2.40. The fourth-order valence-corrected chi connectivity index (χ4v) is 4.16. The second-order valence-corrected chi connectivity index (χ2v) is 7.06. The van der Waals surface area contributed by atoms with Crippen molar-refractivity contribution < 1.29 is 4.79 Å². The molecule has 102 valence electrons. The molecule has 19 heavy (non-hydrogen) atoms. The first-order valence-electron chi connectivity index (χ1n) is 7.18. The number of aryl methyl sites for hydroxylation is 1. The quantitative estimate of drug-likeness (QED) is 0.871. The lowest BCUT2D eigenvalue weighted by Crippen LogP contribution is -2.20. The van der Waals surface area contributed by atoms with Crippen molar-refractivity contribution in [3.63, 3.8) is 0 Å². The lowest BCUT2D eigenvalue weighted by molar-refractivity contribution is -0.117. The number of fused-ring (bicyclic) bond motifs is 2. The predicted octanol–water partition coefficient (Wildman–Crippen LogP) is 4.52. The van der Waals surface area contributed by atoms with Crippen LogP contribution in [0.3, 0.4) is 0 Å². The van der Waals surface area contributed by atoms with Crippen LogP contribution in [0, 0.1) is 24.7 Å². The van der Waals surface area contributed by atoms with E-state index in [1.54, 1.807) is 0 Å². The predicted molar refractivity (Wildman–Crippen MR) is 81.1 cm³/mol. The summed E-state index contributed by atoms with van der Waals surface area (Å²) < 4.78 is 1.01. The summed E-state index contributed by atoms with van der Waals surface area (Å²) in [6.07, 6.45) is 6.09. The van der Waals surface area contributed by atoms with E-state index in [1.165, 1.54) is 25.7 Å². The Morgan fingerprint density at radius 2 is 2.21 bits per heavy atom. The molecule has 3 atom stereocenters. The summed E-state index contributed by atoms with van der Waals surface area (Å²) in [7, 11) is 0. The fraction of sp³-hybridized carbons (Fsp3) is 0.562. The van der Waals surface area contributed by atoms with Crippen molar-refractivity contribution in [1.29, 1.82) is 0 Å². The minimum atomic E-state index is 0.179. The molecule has 2 aliphatic carbocycles. The summed E-state index contributed by atoms with van der Waals surface area (Å²) in [6, 6.07) is 6.01. The molecule has 0 spiro atoms. The molecule has 3 rings (SSSR count). The third kappa shape index (κ3) is 2.86. The van der Waals surface area contributed by atoms with Gasteiger partial charge in [0.1, 0.15) is 0 Å². The lowest BCUT2D eigenvalue weighted by atomic mass is 9.86. The summed E-state index contributed by atoms with van der Waals surface area (Å²) >= 11 is 3.45. The van der Waals surface area contributed by atoms with Gasteiger partial charge >= 0.3 is 0 Å². The Hall–Kier alpha value is -0.830. The van der Waals surface area contributed by atoms with Gasteiger partial charge in [-0.15, -0.1) is 0 Å². The van der Waals surface area contributed by atoms with Gasteiger partial charge in [-0.25, -0.2) is 0 Å². The standard InChI is InChI=1S/C16H20BrNO/c1-10-2-5-14(17)9-15(10)18-16(19)8-13-7-11-3-4-12(13)6-11/h2,5,9,11-13H,3-4,6-8H2,1H3,(H,18,19). The Bertz CT molecular complexity index is 500. The van der Waals surface area contributed by atoms with Gasteiger partial charge in [0.2, 0.25) is 5.91 Å². The van der Waals surface area contributed by atoms with E-state index in [1.807, 2.05) is 25.1 Å². The molecule has 1 N–H and O–H groups in total. The zero-order chi connectivity index (χ0) is 13.4. The Morgan fingerprint density at radius 1 is 1.37 bits per heavy atom. The molecule has 2 saturated carbocycles. The lowest BCUT2D eigenvalue weighted by Gasteiger charge is -2.21. The number of nitrogens with one attached hydrogen (secondary N) is 1. The van der Waals surface area contributed by atoms with Gasteiger partial charge in [-0.2, -0.15) is 0 Å². The number of carbonyl (C=O) groups is 1. The van der Waals surface area contributed by atoms with Gasteiger partial charge < -0.3 is 5.32 Å². The van der Waals surface area contributed by atoms with Crippen LogP contribution in [0.4, 0.5) is 5.69 Å². The monoisotopic (exact) mass is 321 g/mol. The highest BCUT2D eigenvalue weighted by molar-refractivity contribution is 9.10. The first-order chi connectivity index (χ1) is 9.11. The third-order valence-corrected chi connectivity index (χ3v) is 5.30. The largest absolute Gasteiger partial charge is 0.326 e. The maximum Gasteiger partial charge on any atom is 0.224 e. The van der Waals surface area contributed by atoms with Crippen LogP contribution in [-0.2, 0) is 4.79 Å². The van der Waals surface area contributed by atoms with Crippen molar-refractivity contribution in [2.45, 2.75) is 39.0 Å². The Morgan fingerprint density at radius 3 is 2.89 bits per heavy atom. The average molecular weight is 322 g/mol. The molecule has 3 unspecified atom stereocenters. The van der Waals surface area contributed by atoms with Crippen molar-refractivity contribution in [3.8, 4) is 0 Å². The number of anilines is 1. The van der Waals surface area contributed by atoms with Gasteiger partial charge in [0.05, 0.1) is 0 Å². The van der Waals surface area contributed by atoms with Crippen molar-refractivity contribution in [2.24, 2.45) is 17.8 Å². The number of carbonyl (C=O) groups excluding carboxylic acids is 1. The summed E-state index contributed by atoms with van der Waals surface area (Å²) in [6.45, 7) is 2.03. The van der Waals surface area contributed by atoms with Crippen molar-refractivity contribution in [1.82, 2.24) is 0 Å². The highest BCUT2D eigenvalue weighted by Crippen LogP contribution is 2.49. The van der Waals surface area contributed by atoms with E-state index in [4.69, 9.17) is 0 Å². The number of rotatable bonds is 3. The highest BCUT2D eigenvalue weighted by atomic mass is 79.9. The Labute approximate surface area is 123 Å². The van der Waals surface area contributed by atoms with Gasteiger partial charge in [0.15, 0.2) is 0 Å². The van der Waals surface area contributed by atoms with Crippen molar-refractivity contribution in [2.75, 3.05) is 5.32 Å². The molecule has 0 aromatic heterocycles. The molecule has 1 aromatic rings. The number of amides is 1. The van der Waals surface area contributed by atoms with E-state index in [0.717, 1.165) is 27.6 Å². The van der Waals surface area contributed by atoms with Gasteiger partial charge in [-0.05, 0) is 61.6 Å². The molecule has 0 aliphatic heterocycles. The SMILES string of the molecule is Cc1ccc(Br)cc1NC(=O)CC1CC2CCC1C2. The number of halogens is 1. The van der Waals surface area contributed by atoms with E-state index in [-0.39, 0.29) is 5.91 Å². The summed E-state index contributed by atoms with van der Waals surface area (Å²) in [5.74, 6) is 2.54. The van der Waals surface area contributed by atoms with Crippen molar-refractivity contribution >= 4 is 27.5 Å². The zero-order valence-corrected chi connectivity index (χ0v) is 12.9. The molecule has 2 bridgehead atoms. The molecule has 1 amide bonds. The molecule has 1 aromatic carbocycles. The van der Waals surface area contributed by atoms with E-state index < -0.39 is 0 Å². The fourth-order valence-electron chi connectivity index (χ4n) is 3.79. The smallest absolute Gasteiger partial charge is 0.224 e. The number of hydrogen-bond donors (Lipinski definition) is 1. The van der Waals surface area contributed by atoms with Gasteiger partial charge in [0, 0.05) is 16.6 Å². The maximum atomic E-state index is 12.2. The molecule has 0 heterocycles.